The van der Waals surface area contributed by atoms with Gasteiger partial charge in [0, 0.05) is 58.9 Å². The highest BCUT2D eigenvalue weighted by Gasteiger charge is 2.26. The highest BCUT2D eigenvalue weighted by Crippen LogP contribution is 2.38. The van der Waals surface area contributed by atoms with E-state index in [0.717, 1.165) is 23.1 Å². The number of rotatable bonds is 5. The summed E-state index contributed by atoms with van der Waals surface area (Å²) in [5, 5.41) is 2.47. The van der Waals surface area contributed by atoms with Gasteiger partial charge in [-0.1, -0.05) is 54.6 Å². The second-order valence-electron chi connectivity index (χ2n) is 9.10. The molecule has 0 spiro atoms. The predicted molar refractivity (Wildman–Crippen MR) is 139 cm³/mol. The minimum atomic E-state index is -2.93. The Morgan fingerprint density at radius 1 is 0.735 bits per heavy atom. The Labute approximate surface area is 199 Å². The van der Waals surface area contributed by atoms with Gasteiger partial charge in [-0.3, -0.25) is 0 Å². The molecule has 0 saturated carbocycles. The van der Waals surface area contributed by atoms with E-state index in [1.165, 1.54) is 27.5 Å². The number of hydrogen-bond acceptors (Lipinski definition) is 3. The molecule has 3 aromatic carbocycles. The zero-order valence-electron chi connectivity index (χ0n) is 18.9. The van der Waals surface area contributed by atoms with E-state index in [2.05, 4.69) is 94.0 Å². The molecule has 5 nitrogen and oxygen atoms in total. The number of benzene rings is 3. The number of sulfone groups is 1. The van der Waals surface area contributed by atoms with Gasteiger partial charge in [-0.25, -0.2) is 8.42 Å². The lowest BCUT2D eigenvalue weighted by atomic mass is 9.85. The molecular formula is C28H27N3O2S. The number of aromatic amines is 2. The van der Waals surface area contributed by atoms with Crippen molar-refractivity contribution in [1.82, 2.24) is 9.97 Å². The Bertz CT molecular complexity index is 1490. The summed E-state index contributed by atoms with van der Waals surface area (Å²) in [7, 11) is -2.93. The molecule has 0 amide bonds. The van der Waals surface area contributed by atoms with Crippen molar-refractivity contribution in [3.8, 4) is 0 Å². The molecule has 0 radical (unpaired) electrons. The Balaban J connectivity index is 1.46. The summed E-state index contributed by atoms with van der Waals surface area (Å²) in [6.45, 7) is 1.09. The number of H-pyrrole nitrogens is 2. The van der Waals surface area contributed by atoms with Crippen molar-refractivity contribution in [3.05, 3.63) is 102 Å². The maximum absolute atomic E-state index is 12.0. The van der Waals surface area contributed by atoms with Gasteiger partial charge in [0.1, 0.15) is 0 Å². The fourth-order valence-electron chi connectivity index (χ4n) is 5.32. The van der Waals surface area contributed by atoms with Crippen molar-refractivity contribution in [1.29, 1.82) is 0 Å². The summed E-state index contributed by atoms with van der Waals surface area (Å²) >= 11 is 0. The molecule has 34 heavy (non-hydrogen) atoms. The molecule has 6 rings (SSSR count). The van der Waals surface area contributed by atoms with Crippen LogP contribution in [0.15, 0.2) is 85.2 Å². The number of anilines is 1. The Morgan fingerprint density at radius 3 is 1.88 bits per heavy atom. The number of aromatic nitrogens is 2. The summed E-state index contributed by atoms with van der Waals surface area (Å²) in [5.74, 6) is 0.577. The summed E-state index contributed by atoms with van der Waals surface area (Å²) in [6, 6.07) is 25.4. The zero-order valence-corrected chi connectivity index (χ0v) is 19.7. The summed E-state index contributed by atoms with van der Waals surface area (Å²) in [5.41, 5.74) is 7.20. The maximum Gasteiger partial charge on any atom is 0.153 e. The Morgan fingerprint density at radius 2 is 1.26 bits per heavy atom. The normalized spacial score (nSPS) is 16.0. The summed E-state index contributed by atoms with van der Waals surface area (Å²) in [6.07, 6.45) is 5.11. The largest absolute Gasteiger partial charge is 0.369 e. The van der Waals surface area contributed by atoms with Gasteiger partial charge in [-0.15, -0.1) is 0 Å². The van der Waals surface area contributed by atoms with E-state index in [0.29, 0.717) is 13.1 Å². The van der Waals surface area contributed by atoms with Crippen LogP contribution in [0.2, 0.25) is 0 Å². The molecule has 3 heterocycles. The first-order chi connectivity index (χ1) is 16.6. The minimum Gasteiger partial charge on any atom is -0.369 e. The maximum atomic E-state index is 12.0. The lowest BCUT2D eigenvalue weighted by Gasteiger charge is -2.31. The van der Waals surface area contributed by atoms with Crippen molar-refractivity contribution in [3.63, 3.8) is 0 Å². The number of nitrogens with one attached hydrogen (secondary N) is 2. The van der Waals surface area contributed by atoms with Crippen LogP contribution in [0.25, 0.3) is 21.8 Å². The molecule has 1 aliphatic heterocycles. The zero-order chi connectivity index (χ0) is 23.1. The average molecular weight is 470 g/mol. The SMILES string of the molecule is O=S1(=O)CCN(c2ccccc2CC(c2c[nH]c3ccccc23)c2c[nH]c3ccccc23)CC1. The third kappa shape index (κ3) is 3.78. The number of nitrogens with zero attached hydrogens (tertiary/aromatic N) is 1. The first kappa shape index (κ1) is 21.1. The number of hydrogen-bond donors (Lipinski definition) is 2. The molecule has 6 heteroatoms. The van der Waals surface area contributed by atoms with Crippen molar-refractivity contribution >= 4 is 37.3 Å². The molecule has 0 aliphatic carbocycles. The van der Waals surface area contributed by atoms with E-state index < -0.39 is 9.84 Å². The van der Waals surface area contributed by atoms with Gasteiger partial charge < -0.3 is 14.9 Å². The van der Waals surface area contributed by atoms with Gasteiger partial charge in [0.25, 0.3) is 0 Å². The first-order valence-corrected chi connectivity index (χ1v) is 13.6. The molecule has 0 atom stereocenters. The first-order valence-electron chi connectivity index (χ1n) is 11.7. The Hall–Kier alpha value is -3.51. The van der Waals surface area contributed by atoms with E-state index >= 15 is 0 Å². The van der Waals surface area contributed by atoms with E-state index in [4.69, 9.17) is 0 Å². The van der Waals surface area contributed by atoms with E-state index in [-0.39, 0.29) is 17.4 Å². The van der Waals surface area contributed by atoms with Crippen LogP contribution >= 0.6 is 0 Å². The van der Waals surface area contributed by atoms with Gasteiger partial charge >= 0.3 is 0 Å². The smallest absolute Gasteiger partial charge is 0.153 e. The van der Waals surface area contributed by atoms with Crippen molar-refractivity contribution in [2.45, 2.75) is 12.3 Å². The van der Waals surface area contributed by atoms with Gasteiger partial charge in [0.2, 0.25) is 0 Å². The van der Waals surface area contributed by atoms with Crippen LogP contribution in [0, 0.1) is 0 Å². The van der Waals surface area contributed by atoms with Gasteiger partial charge in [0.05, 0.1) is 11.5 Å². The van der Waals surface area contributed by atoms with E-state index in [1.807, 2.05) is 6.07 Å². The van der Waals surface area contributed by atoms with Gasteiger partial charge in [-0.05, 0) is 41.3 Å². The summed E-state index contributed by atoms with van der Waals surface area (Å²) < 4.78 is 24.0. The molecule has 1 saturated heterocycles. The third-order valence-corrected chi connectivity index (χ3v) is 8.70. The minimum absolute atomic E-state index is 0.141. The van der Waals surface area contributed by atoms with Crippen molar-refractivity contribution < 1.29 is 8.42 Å². The quantitative estimate of drug-likeness (QED) is 0.369. The van der Waals surface area contributed by atoms with Crippen molar-refractivity contribution in [2.75, 3.05) is 29.5 Å². The number of para-hydroxylation sites is 3. The molecule has 2 aromatic heterocycles. The molecule has 1 fully saturated rings. The average Bonchev–Trinajstić information content (AvgIpc) is 3.48. The second kappa shape index (κ2) is 8.37. The second-order valence-corrected chi connectivity index (χ2v) is 11.4. The van der Waals surface area contributed by atoms with E-state index in [9.17, 15) is 8.42 Å². The third-order valence-electron chi connectivity index (χ3n) is 7.09. The van der Waals surface area contributed by atoms with Crippen LogP contribution in [0.5, 0.6) is 0 Å². The van der Waals surface area contributed by atoms with Crippen LogP contribution in [0.4, 0.5) is 5.69 Å². The highest BCUT2D eigenvalue weighted by atomic mass is 32.2. The van der Waals surface area contributed by atoms with Gasteiger partial charge in [0.15, 0.2) is 9.84 Å². The van der Waals surface area contributed by atoms with Crippen molar-refractivity contribution in [2.24, 2.45) is 0 Å². The van der Waals surface area contributed by atoms with Crippen LogP contribution in [-0.2, 0) is 16.3 Å². The lowest BCUT2D eigenvalue weighted by Crippen LogP contribution is -2.40. The molecule has 0 bridgehead atoms. The highest BCUT2D eigenvalue weighted by molar-refractivity contribution is 7.91. The lowest BCUT2D eigenvalue weighted by molar-refractivity contribution is 0.586. The molecule has 1 aliphatic rings. The standard InChI is InChI=1S/C28H27N3O2S/c32-34(33)15-13-31(14-16-34)28-12-6-1-7-20(28)17-23(24-18-29-26-10-4-2-8-21(24)26)25-19-30-27-11-5-3-9-22(25)27/h1-12,18-19,23,29-30H,13-17H2. The van der Waals surface area contributed by atoms with Gasteiger partial charge in [-0.2, -0.15) is 0 Å². The topological polar surface area (TPSA) is 69.0 Å². The fraction of sp³-hybridized carbons (Fsp3) is 0.214. The van der Waals surface area contributed by atoms with E-state index in [1.54, 1.807) is 0 Å². The molecule has 5 aromatic rings. The Kier molecular flexibility index (Phi) is 5.18. The van der Waals surface area contributed by atoms with Crippen LogP contribution in [-0.4, -0.2) is 43.0 Å². The van der Waals surface area contributed by atoms with Crippen LogP contribution in [0.1, 0.15) is 22.6 Å². The molecule has 172 valence electrons. The fourth-order valence-corrected chi connectivity index (χ4v) is 6.52. The van der Waals surface area contributed by atoms with Crippen LogP contribution < -0.4 is 4.90 Å². The summed E-state index contributed by atoms with van der Waals surface area (Å²) in [4.78, 5) is 9.16. The molecular weight excluding hydrogens is 442 g/mol. The monoisotopic (exact) mass is 469 g/mol. The molecule has 2 N–H and O–H groups in total. The number of fused-ring (bicyclic) bond motifs is 2. The van der Waals surface area contributed by atoms with Crippen LogP contribution in [0.3, 0.4) is 0 Å². The predicted octanol–water partition coefficient (Wildman–Crippen LogP) is 5.26. The molecule has 0 unspecified atom stereocenters.